The minimum Gasteiger partial charge on any atom is -0.384 e. The van der Waals surface area contributed by atoms with Crippen molar-refractivity contribution in [2.75, 3.05) is 13.1 Å². The van der Waals surface area contributed by atoms with Crippen LogP contribution in [-0.4, -0.2) is 41.2 Å². The zero-order valence-corrected chi connectivity index (χ0v) is 18.5. The predicted octanol–water partition coefficient (Wildman–Crippen LogP) is 2.42. The standard InChI is InChI=1S/C23H27F3N6O2/c24-23(25,26)18-4-2-1-3-16(18)14-32-11-8-22(7-10-27,9-12-32)30-13-17(20(29)33)19(28)31-21(34)15-5-6-15/h1-4,13,15,30H,5-9,11-12,14H2,(H2,29,33)(H2,28,31,34)/b17-13+. The van der Waals surface area contributed by atoms with Crippen molar-refractivity contribution in [2.24, 2.45) is 11.7 Å². The molecule has 0 spiro atoms. The van der Waals surface area contributed by atoms with Crippen molar-refractivity contribution in [3.8, 4) is 6.07 Å². The smallest absolute Gasteiger partial charge is 0.384 e. The molecule has 1 saturated heterocycles. The highest BCUT2D eigenvalue weighted by Crippen LogP contribution is 2.34. The van der Waals surface area contributed by atoms with Crippen LogP contribution in [0.5, 0.6) is 0 Å². The van der Waals surface area contributed by atoms with E-state index in [1.165, 1.54) is 18.3 Å². The molecule has 1 heterocycles. The second kappa shape index (κ2) is 10.3. The number of nitrogens with zero attached hydrogens (tertiary/aromatic N) is 2. The number of likely N-dealkylation sites (tertiary alicyclic amines) is 1. The minimum absolute atomic E-state index is 0.0876. The highest BCUT2D eigenvalue weighted by molar-refractivity contribution is 6.22. The van der Waals surface area contributed by atoms with Crippen LogP contribution in [0.3, 0.4) is 0 Å². The summed E-state index contributed by atoms with van der Waals surface area (Å²) in [6, 6.07) is 7.57. The van der Waals surface area contributed by atoms with E-state index < -0.39 is 29.0 Å². The summed E-state index contributed by atoms with van der Waals surface area (Å²) in [4.78, 5) is 25.7. The molecule has 0 radical (unpaired) electrons. The molecule has 8 nitrogen and oxygen atoms in total. The van der Waals surface area contributed by atoms with Crippen LogP contribution in [0.4, 0.5) is 13.2 Å². The van der Waals surface area contributed by atoms with Crippen molar-refractivity contribution in [3.63, 3.8) is 0 Å². The molecule has 3 rings (SSSR count). The van der Waals surface area contributed by atoms with Crippen molar-refractivity contribution in [1.82, 2.24) is 15.5 Å². The van der Waals surface area contributed by atoms with Crippen LogP contribution in [-0.2, 0) is 22.3 Å². The molecule has 0 atom stereocenters. The number of amides is 2. The zero-order chi connectivity index (χ0) is 24.9. The lowest BCUT2D eigenvalue weighted by atomic mass is 9.84. The number of rotatable bonds is 8. The van der Waals surface area contributed by atoms with Gasteiger partial charge in [-0.25, -0.2) is 0 Å². The lowest BCUT2D eigenvalue weighted by Gasteiger charge is -2.41. The predicted molar refractivity (Wildman–Crippen MR) is 118 cm³/mol. The molecule has 1 aromatic rings. The van der Waals surface area contributed by atoms with Gasteiger partial charge in [0.2, 0.25) is 5.91 Å². The molecule has 2 aliphatic rings. The number of alkyl halides is 3. The summed E-state index contributed by atoms with van der Waals surface area (Å²) >= 11 is 0. The van der Waals surface area contributed by atoms with Gasteiger partial charge >= 0.3 is 6.18 Å². The molecule has 0 aromatic heterocycles. The Bertz CT molecular complexity index is 1020. The Labute approximate surface area is 195 Å². The number of amidine groups is 1. The average Bonchev–Trinajstić information content (AvgIpc) is 3.61. The molecule has 182 valence electrons. The number of hydrogen-bond acceptors (Lipinski definition) is 6. The van der Waals surface area contributed by atoms with Crippen LogP contribution in [0.25, 0.3) is 0 Å². The zero-order valence-electron chi connectivity index (χ0n) is 18.5. The Morgan fingerprint density at radius 3 is 2.47 bits per heavy atom. The number of nitriles is 1. The quantitative estimate of drug-likeness (QED) is 0.260. The highest BCUT2D eigenvalue weighted by atomic mass is 19.4. The minimum atomic E-state index is -4.44. The molecular formula is C23H27F3N6O2. The van der Waals surface area contributed by atoms with Crippen LogP contribution < -0.4 is 16.4 Å². The SMILES string of the molecule is N#CCC1(N/C=C(\C(=N)NC(=O)C2CC2)C(N)=O)CCN(Cc2ccccc2C(F)(F)F)CC1. The molecule has 1 saturated carbocycles. The molecule has 1 aromatic carbocycles. The Kier molecular flexibility index (Phi) is 7.61. The number of hydrogen-bond donors (Lipinski definition) is 4. The maximum atomic E-state index is 13.3. The van der Waals surface area contributed by atoms with E-state index in [4.69, 9.17) is 11.1 Å². The number of halogens is 3. The number of carbonyl (C=O) groups excluding carboxylic acids is 2. The van der Waals surface area contributed by atoms with Crippen LogP contribution in [0.2, 0.25) is 0 Å². The van der Waals surface area contributed by atoms with Crippen molar-refractivity contribution >= 4 is 17.6 Å². The van der Waals surface area contributed by atoms with E-state index in [2.05, 4.69) is 16.7 Å². The van der Waals surface area contributed by atoms with Crippen LogP contribution in [0, 0.1) is 22.7 Å². The van der Waals surface area contributed by atoms with Gasteiger partial charge < -0.3 is 16.4 Å². The Hall–Kier alpha value is -3.39. The van der Waals surface area contributed by atoms with Gasteiger partial charge in [-0.05, 0) is 37.3 Å². The van der Waals surface area contributed by atoms with E-state index in [-0.39, 0.29) is 35.9 Å². The third kappa shape index (κ3) is 6.35. The molecule has 2 fully saturated rings. The Morgan fingerprint density at radius 2 is 1.91 bits per heavy atom. The van der Waals surface area contributed by atoms with Gasteiger partial charge in [0, 0.05) is 31.8 Å². The van der Waals surface area contributed by atoms with Crippen molar-refractivity contribution in [1.29, 1.82) is 10.7 Å². The second-order valence-electron chi connectivity index (χ2n) is 8.75. The van der Waals surface area contributed by atoms with Gasteiger partial charge in [-0.15, -0.1) is 0 Å². The van der Waals surface area contributed by atoms with Crippen molar-refractivity contribution in [2.45, 2.75) is 50.4 Å². The first kappa shape index (κ1) is 25.2. The van der Waals surface area contributed by atoms with Crippen LogP contribution in [0.1, 0.15) is 43.2 Å². The topological polar surface area (TPSA) is 135 Å². The summed E-state index contributed by atoms with van der Waals surface area (Å²) in [6.45, 7) is 0.978. The van der Waals surface area contributed by atoms with Gasteiger partial charge in [0.25, 0.3) is 5.91 Å². The van der Waals surface area contributed by atoms with Gasteiger partial charge in [0.05, 0.1) is 29.2 Å². The largest absolute Gasteiger partial charge is 0.416 e. The number of benzene rings is 1. The fraction of sp³-hybridized carbons (Fsp3) is 0.478. The molecule has 2 amide bonds. The molecule has 0 bridgehead atoms. The monoisotopic (exact) mass is 476 g/mol. The maximum Gasteiger partial charge on any atom is 0.416 e. The van der Waals surface area contributed by atoms with E-state index in [1.54, 1.807) is 6.07 Å². The Balaban J connectivity index is 1.67. The van der Waals surface area contributed by atoms with E-state index >= 15 is 0 Å². The highest BCUT2D eigenvalue weighted by Gasteiger charge is 2.37. The number of primary amides is 1. The maximum absolute atomic E-state index is 13.3. The lowest BCUT2D eigenvalue weighted by molar-refractivity contribution is -0.138. The fourth-order valence-corrected chi connectivity index (χ4v) is 3.97. The van der Waals surface area contributed by atoms with E-state index in [1.807, 2.05) is 4.90 Å². The molecule has 1 aliphatic heterocycles. The number of nitrogens with one attached hydrogen (secondary N) is 3. The molecular weight excluding hydrogens is 449 g/mol. The normalized spacial score (nSPS) is 18.6. The third-order valence-corrected chi connectivity index (χ3v) is 6.20. The summed E-state index contributed by atoms with van der Waals surface area (Å²) < 4.78 is 39.9. The van der Waals surface area contributed by atoms with E-state index in [9.17, 15) is 28.0 Å². The van der Waals surface area contributed by atoms with E-state index in [0.717, 1.165) is 18.9 Å². The van der Waals surface area contributed by atoms with Crippen molar-refractivity contribution < 1.29 is 22.8 Å². The first-order valence-electron chi connectivity index (χ1n) is 11.0. The number of nitrogens with two attached hydrogens (primary N) is 1. The van der Waals surface area contributed by atoms with Crippen molar-refractivity contribution in [3.05, 3.63) is 47.2 Å². The molecule has 34 heavy (non-hydrogen) atoms. The lowest BCUT2D eigenvalue weighted by Crippen LogP contribution is -2.52. The van der Waals surface area contributed by atoms with Gasteiger partial charge in [0.1, 0.15) is 5.84 Å². The van der Waals surface area contributed by atoms with Crippen LogP contribution >= 0.6 is 0 Å². The first-order valence-corrected chi connectivity index (χ1v) is 11.0. The summed E-state index contributed by atoms with van der Waals surface area (Å²) in [7, 11) is 0. The molecule has 0 unspecified atom stereocenters. The summed E-state index contributed by atoms with van der Waals surface area (Å²) in [5.41, 5.74) is 3.96. The summed E-state index contributed by atoms with van der Waals surface area (Å²) in [6.07, 6.45) is -0.759. The van der Waals surface area contributed by atoms with Gasteiger partial charge in [-0.3, -0.25) is 19.9 Å². The van der Waals surface area contributed by atoms with Gasteiger partial charge in [0.15, 0.2) is 0 Å². The fourth-order valence-electron chi connectivity index (χ4n) is 3.97. The van der Waals surface area contributed by atoms with Gasteiger partial charge in [-0.1, -0.05) is 18.2 Å². The first-order chi connectivity index (χ1) is 16.0. The third-order valence-electron chi connectivity index (χ3n) is 6.20. The molecule has 1 aliphatic carbocycles. The number of piperidine rings is 1. The second-order valence-corrected chi connectivity index (χ2v) is 8.75. The Morgan fingerprint density at radius 1 is 1.26 bits per heavy atom. The average molecular weight is 477 g/mol. The molecule has 11 heteroatoms. The van der Waals surface area contributed by atoms with E-state index in [0.29, 0.717) is 25.9 Å². The number of carbonyl (C=O) groups is 2. The summed E-state index contributed by atoms with van der Waals surface area (Å²) in [5, 5.41) is 22.8. The molecule has 5 N–H and O–H groups in total. The van der Waals surface area contributed by atoms with Crippen LogP contribution in [0.15, 0.2) is 36.0 Å². The van der Waals surface area contributed by atoms with Gasteiger partial charge in [-0.2, -0.15) is 18.4 Å². The summed E-state index contributed by atoms with van der Waals surface area (Å²) in [5.74, 6) is -1.80.